The van der Waals surface area contributed by atoms with Gasteiger partial charge < -0.3 is 9.47 Å². The van der Waals surface area contributed by atoms with E-state index < -0.39 is 5.97 Å². The maximum Gasteiger partial charge on any atom is 0.356 e. The molecule has 0 atom stereocenters. The van der Waals surface area contributed by atoms with Gasteiger partial charge >= 0.3 is 5.97 Å². The summed E-state index contributed by atoms with van der Waals surface area (Å²) >= 11 is 6.51. The Morgan fingerprint density at radius 3 is 2.46 bits per heavy atom. The molecule has 1 aromatic heterocycles. The molecule has 0 N–H and O–H groups in total. The molecule has 0 radical (unpaired) electrons. The Kier molecular flexibility index (Phi) is 5.90. The number of halogens is 1. The van der Waals surface area contributed by atoms with Crippen molar-refractivity contribution in [1.82, 2.24) is 4.98 Å². The van der Waals surface area contributed by atoms with Crippen LogP contribution in [0.4, 0.5) is 0 Å². The van der Waals surface area contributed by atoms with E-state index in [1.54, 1.807) is 13.0 Å². The molecule has 4 nitrogen and oxygen atoms in total. The highest BCUT2D eigenvalue weighted by molar-refractivity contribution is 6.35. The van der Waals surface area contributed by atoms with E-state index in [-0.39, 0.29) is 17.7 Å². The van der Waals surface area contributed by atoms with Gasteiger partial charge in [-0.25, -0.2) is 9.78 Å². The average Bonchev–Trinajstić information content (AvgIpc) is 2.66. The molecule has 0 fully saturated rings. The summed E-state index contributed by atoms with van der Waals surface area (Å²) in [4.78, 5) is 16.7. The van der Waals surface area contributed by atoms with Gasteiger partial charge in [-0.05, 0) is 41.7 Å². The summed E-state index contributed by atoms with van der Waals surface area (Å²) in [7, 11) is 0. The number of hydrogen-bond donors (Lipinski definition) is 0. The topological polar surface area (TPSA) is 48.4 Å². The van der Waals surface area contributed by atoms with Gasteiger partial charge in [0.15, 0.2) is 5.69 Å². The van der Waals surface area contributed by atoms with Gasteiger partial charge in [-0.3, -0.25) is 0 Å². The number of carbonyl (C=O) groups is 1. The highest BCUT2D eigenvalue weighted by Crippen LogP contribution is 2.36. The normalized spacial score (nSPS) is 11.5. The molecule has 5 heteroatoms. The molecule has 146 valence electrons. The molecule has 0 aliphatic rings. The molecule has 1 heterocycles. The van der Waals surface area contributed by atoms with Gasteiger partial charge in [0, 0.05) is 5.39 Å². The fourth-order valence-electron chi connectivity index (χ4n) is 2.97. The number of fused-ring (bicyclic) bond motifs is 1. The van der Waals surface area contributed by atoms with Crippen molar-refractivity contribution in [2.45, 2.75) is 39.7 Å². The Bertz CT molecular complexity index is 994. The molecular formula is C23H24ClNO3. The first-order valence-corrected chi connectivity index (χ1v) is 9.66. The van der Waals surface area contributed by atoms with Gasteiger partial charge in [-0.15, -0.1) is 0 Å². The fourth-order valence-corrected chi connectivity index (χ4v) is 3.21. The van der Waals surface area contributed by atoms with E-state index in [2.05, 4.69) is 25.8 Å². The SMILES string of the molecule is CCOC(=O)c1cc(Cl)c2cc(OCc3ccccc3)cc(C(C)(C)C)c2n1. The van der Waals surface area contributed by atoms with Crippen molar-refractivity contribution >= 4 is 28.5 Å². The van der Waals surface area contributed by atoms with Crippen LogP contribution in [0.15, 0.2) is 48.5 Å². The van der Waals surface area contributed by atoms with Gasteiger partial charge in [0.1, 0.15) is 12.4 Å². The second-order valence-corrected chi connectivity index (χ2v) is 8.01. The number of aromatic nitrogens is 1. The summed E-state index contributed by atoms with van der Waals surface area (Å²) in [5, 5.41) is 1.20. The van der Waals surface area contributed by atoms with Crippen LogP contribution in [0.1, 0.15) is 49.3 Å². The van der Waals surface area contributed by atoms with Crippen LogP contribution in [0.5, 0.6) is 5.75 Å². The molecule has 0 unspecified atom stereocenters. The van der Waals surface area contributed by atoms with Crippen molar-refractivity contribution in [1.29, 1.82) is 0 Å². The van der Waals surface area contributed by atoms with Crippen molar-refractivity contribution in [2.75, 3.05) is 6.61 Å². The molecule has 28 heavy (non-hydrogen) atoms. The highest BCUT2D eigenvalue weighted by Gasteiger charge is 2.22. The number of esters is 1. The second kappa shape index (κ2) is 8.19. The van der Waals surface area contributed by atoms with Crippen LogP contribution in [0.25, 0.3) is 10.9 Å². The molecule has 0 amide bonds. The van der Waals surface area contributed by atoms with Crippen LogP contribution in [0, 0.1) is 0 Å². The van der Waals surface area contributed by atoms with Crippen LogP contribution in [0.3, 0.4) is 0 Å². The van der Waals surface area contributed by atoms with Crippen LogP contribution < -0.4 is 4.74 Å². The van der Waals surface area contributed by atoms with E-state index in [1.807, 2.05) is 42.5 Å². The van der Waals surface area contributed by atoms with Crippen LogP contribution in [0.2, 0.25) is 5.02 Å². The molecule has 0 aliphatic heterocycles. The first-order valence-electron chi connectivity index (χ1n) is 9.28. The monoisotopic (exact) mass is 397 g/mol. The minimum Gasteiger partial charge on any atom is -0.489 e. The van der Waals surface area contributed by atoms with Crippen LogP contribution >= 0.6 is 11.6 Å². The lowest BCUT2D eigenvalue weighted by atomic mass is 9.85. The zero-order chi connectivity index (χ0) is 20.3. The zero-order valence-corrected chi connectivity index (χ0v) is 17.3. The van der Waals surface area contributed by atoms with E-state index >= 15 is 0 Å². The van der Waals surface area contributed by atoms with Gasteiger partial charge in [-0.1, -0.05) is 62.7 Å². The first kappa shape index (κ1) is 20.2. The summed E-state index contributed by atoms with van der Waals surface area (Å²) in [5.74, 6) is 0.240. The number of nitrogens with zero attached hydrogens (tertiary/aromatic N) is 1. The smallest absolute Gasteiger partial charge is 0.356 e. The summed E-state index contributed by atoms with van der Waals surface area (Å²) in [6.45, 7) is 8.79. The Morgan fingerprint density at radius 1 is 1.11 bits per heavy atom. The number of benzene rings is 2. The Morgan fingerprint density at radius 2 is 1.82 bits per heavy atom. The minimum absolute atomic E-state index is 0.211. The van der Waals surface area contributed by atoms with Crippen LogP contribution in [-0.2, 0) is 16.8 Å². The predicted molar refractivity (Wildman–Crippen MR) is 112 cm³/mol. The standard InChI is InChI=1S/C23H24ClNO3/c1-5-27-22(26)20-13-19(24)17-11-16(28-14-15-9-7-6-8-10-15)12-18(21(17)25-20)23(2,3)4/h6-13H,5,14H2,1-4H3. The van der Waals surface area contributed by atoms with E-state index in [0.29, 0.717) is 22.9 Å². The first-order chi connectivity index (χ1) is 13.3. The van der Waals surface area contributed by atoms with Crippen molar-refractivity contribution in [3.63, 3.8) is 0 Å². The van der Waals surface area contributed by atoms with Crippen molar-refractivity contribution < 1.29 is 14.3 Å². The van der Waals surface area contributed by atoms with Crippen molar-refractivity contribution in [2.24, 2.45) is 0 Å². The van der Waals surface area contributed by atoms with E-state index in [9.17, 15) is 4.79 Å². The molecular weight excluding hydrogens is 374 g/mol. The molecule has 0 saturated carbocycles. The molecule has 3 aromatic rings. The summed E-state index contributed by atoms with van der Waals surface area (Å²) < 4.78 is 11.1. The van der Waals surface area contributed by atoms with E-state index in [4.69, 9.17) is 21.1 Å². The lowest BCUT2D eigenvalue weighted by Crippen LogP contribution is -2.14. The third kappa shape index (κ3) is 4.45. The quantitative estimate of drug-likeness (QED) is 0.500. The summed E-state index contributed by atoms with van der Waals surface area (Å²) in [5.41, 5.74) is 2.73. The Balaban J connectivity index is 2.07. The predicted octanol–water partition coefficient (Wildman–Crippen LogP) is 5.94. The molecule has 0 aliphatic carbocycles. The Hall–Kier alpha value is -2.59. The summed E-state index contributed by atoms with van der Waals surface area (Å²) in [6, 6.07) is 15.4. The van der Waals surface area contributed by atoms with E-state index in [1.165, 1.54) is 0 Å². The number of pyridine rings is 1. The van der Waals surface area contributed by atoms with Gasteiger partial charge in [0.25, 0.3) is 0 Å². The average molecular weight is 398 g/mol. The maximum atomic E-state index is 12.2. The largest absolute Gasteiger partial charge is 0.489 e. The number of hydrogen-bond acceptors (Lipinski definition) is 4. The molecule has 0 saturated heterocycles. The molecule has 2 aromatic carbocycles. The van der Waals surface area contributed by atoms with Crippen molar-refractivity contribution in [3.05, 3.63) is 70.4 Å². The van der Waals surface area contributed by atoms with Crippen LogP contribution in [-0.4, -0.2) is 17.6 Å². The lowest BCUT2D eigenvalue weighted by Gasteiger charge is -2.22. The third-order valence-corrected chi connectivity index (χ3v) is 4.69. The molecule has 0 bridgehead atoms. The zero-order valence-electron chi connectivity index (χ0n) is 16.6. The van der Waals surface area contributed by atoms with E-state index in [0.717, 1.165) is 16.5 Å². The van der Waals surface area contributed by atoms with Gasteiger partial charge in [0.2, 0.25) is 0 Å². The fraction of sp³-hybridized carbons (Fsp3) is 0.304. The van der Waals surface area contributed by atoms with Gasteiger partial charge in [-0.2, -0.15) is 0 Å². The summed E-state index contributed by atoms with van der Waals surface area (Å²) in [6.07, 6.45) is 0. The second-order valence-electron chi connectivity index (χ2n) is 7.60. The van der Waals surface area contributed by atoms with Gasteiger partial charge in [0.05, 0.1) is 17.1 Å². The number of carbonyl (C=O) groups excluding carboxylic acids is 1. The number of rotatable bonds is 5. The lowest BCUT2D eigenvalue weighted by molar-refractivity contribution is 0.0520. The highest BCUT2D eigenvalue weighted by atomic mass is 35.5. The van der Waals surface area contributed by atoms with Crippen molar-refractivity contribution in [3.8, 4) is 5.75 Å². The molecule has 0 spiro atoms. The molecule has 3 rings (SSSR count). The minimum atomic E-state index is -0.476. The third-order valence-electron chi connectivity index (χ3n) is 4.38. The maximum absolute atomic E-state index is 12.2. The Labute approximate surface area is 170 Å². The number of ether oxygens (including phenoxy) is 2.